The number of rotatable bonds is 5. The number of nitriles is 1. The summed E-state index contributed by atoms with van der Waals surface area (Å²) < 4.78 is 12.2. The number of carbonyl (C=O) groups excluding carboxylic acids is 2. The predicted octanol–water partition coefficient (Wildman–Crippen LogP) is 2.34. The molecule has 8 heteroatoms. The quantitative estimate of drug-likeness (QED) is 0.777. The molecule has 8 nitrogen and oxygen atoms in total. The molecule has 0 aliphatic carbocycles. The highest BCUT2D eigenvalue weighted by molar-refractivity contribution is 5.96. The van der Waals surface area contributed by atoms with Crippen LogP contribution in [0.4, 0.5) is 5.69 Å². The van der Waals surface area contributed by atoms with Gasteiger partial charge in [0, 0.05) is 25.0 Å². The molecule has 1 amide bonds. The molecule has 1 aromatic heterocycles. The lowest BCUT2D eigenvalue weighted by molar-refractivity contribution is -0.132. The van der Waals surface area contributed by atoms with Crippen molar-refractivity contribution in [3.63, 3.8) is 0 Å². The smallest absolute Gasteiger partial charge is 0.357 e. The van der Waals surface area contributed by atoms with Gasteiger partial charge in [0.2, 0.25) is 0 Å². The average Bonchev–Trinajstić information content (AvgIpc) is 3.34. The first-order chi connectivity index (χ1) is 13.9. The van der Waals surface area contributed by atoms with Crippen LogP contribution in [0.5, 0.6) is 5.75 Å². The van der Waals surface area contributed by atoms with Crippen LogP contribution in [-0.2, 0) is 9.53 Å². The van der Waals surface area contributed by atoms with Crippen LogP contribution < -0.4 is 10.5 Å². The van der Waals surface area contributed by atoms with Gasteiger partial charge in [-0.3, -0.25) is 4.79 Å². The number of nitrogen functional groups attached to an aromatic ring is 1. The lowest BCUT2D eigenvalue weighted by Gasteiger charge is -2.18. The van der Waals surface area contributed by atoms with E-state index in [9.17, 15) is 14.9 Å². The standard InChI is InChI=1S/C21H24N4O4/c1-13-8-16(25-11-15(10-22)18(23)19(25)21(27)28-3)9-14(2)20(13)29-12-17(26)24-6-4-5-7-24/h8-9,11H,4-7,12,23H2,1-3H3. The van der Waals surface area contributed by atoms with Gasteiger partial charge in [-0.1, -0.05) is 0 Å². The van der Waals surface area contributed by atoms with Gasteiger partial charge in [0.05, 0.1) is 18.4 Å². The van der Waals surface area contributed by atoms with Crippen molar-refractivity contribution >= 4 is 17.6 Å². The number of carbonyl (C=O) groups is 2. The van der Waals surface area contributed by atoms with Gasteiger partial charge in [-0.15, -0.1) is 0 Å². The second-order valence-corrected chi connectivity index (χ2v) is 7.06. The number of amides is 1. The molecule has 152 valence electrons. The molecule has 2 aromatic rings. The van der Waals surface area contributed by atoms with Gasteiger partial charge >= 0.3 is 5.97 Å². The molecule has 0 radical (unpaired) electrons. The molecule has 1 aliphatic heterocycles. The van der Waals surface area contributed by atoms with Crippen LogP contribution in [-0.4, -0.2) is 48.1 Å². The van der Waals surface area contributed by atoms with Crippen molar-refractivity contribution in [1.82, 2.24) is 9.47 Å². The highest BCUT2D eigenvalue weighted by Gasteiger charge is 2.23. The molecule has 0 saturated carbocycles. The number of aryl methyl sites for hydroxylation is 2. The number of hydrogen-bond donors (Lipinski definition) is 1. The van der Waals surface area contributed by atoms with Crippen LogP contribution in [0.2, 0.25) is 0 Å². The maximum atomic E-state index is 12.3. The Hall–Kier alpha value is -3.47. The highest BCUT2D eigenvalue weighted by atomic mass is 16.5. The first-order valence-electron chi connectivity index (χ1n) is 9.38. The Bertz CT molecular complexity index is 974. The lowest BCUT2D eigenvalue weighted by atomic mass is 10.1. The van der Waals surface area contributed by atoms with Crippen molar-refractivity contribution in [1.29, 1.82) is 5.26 Å². The molecule has 0 spiro atoms. The van der Waals surface area contributed by atoms with Crippen molar-refractivity contribution in [2.75, 3.05) is 32.5 Å². The van der Waals surface area contributed by atoms with E-state index in [0.29, 0.717) is 11.4 Å². The van der Waals surface area contributed by atoms with E-state index in [1.807, 2.05) is 36.9 Å². The zero-order valence-corrected chi connectivity index (χ0v) is 16.8. The van der Waals surface area contributed by atoms with Crippen LogP contribution >= 0.6 is 0 Å². The fraction of sp³-hybridized carbons (Fsp3) is 0.381. The maximum absolute atomic E-state index is 12.3. The second kappa shape index (κ2) is 8.27. The summed E-state index contributed by atoms with van der Waals surface area (Å²) in [4.78, 5) is 26.3. The van der Waals surface area contributed by atoms with Crippen LogP contribution in [0.25, 0.3) is 5.69 Å². The number of methoxy groups -OCH3 is 1. The molecule has 2 N–H and O–H groups in total. The molecule has 1 aliphatic rings. The van der Waals surface area contributed by atoms with Gasteiger partial charge in [-0.25, -0.2) is 4.79 Å². The van der Waals surface area contributed by atoms with E-state index >= 15 is 0 Å². The molecule has 1 aromatic carbocycles. The van der Waals surface area contributed by atoms with E-state index < -0.39 is 5.97 Å². The van der Waals surface area contributed by atoms with Gasteiger partial charge in [-0.05, 0) is 49.9 Å². The molecule has 2 heterocycles. The minimum Gasteiger partial charge on any atom is -0.483 e. The number of nitrogens with zero attached hydrogens (tertiary/aromatic N) is 3. The number of nitrogens with two attached hydrogens (primary N) is 1. The van der Waals surface area contributed by atoms with Crippen molar-refractivity contribution in [2.24, 2.45) is 0 Å². The number of ether oxygens (including phenoxy) is 2. The summed E-state index contributed by atoms with van der Waals surface area (Å²) >= 11 is 0. The van der Waals surface area contributed by atoms with Crippen LogP contribution in [0.1, 0.15) is 40.0 Å². The fourth-order valence-electron chi connectivity index (χ4n) is 3.60. The Kier molecular flexibility index (Phi) is 5.78. The Morgan fingerprint density at radius 3 is 2.38 bits per heavy atom. The zero-order chi connectivity index (χ0) is 21.1. The maximum Gasteiger partial charge on any atom is 0.357 e. The molecule has 1 fully saturated rings. The topological polar surface area (TPSA) is 111 Å². The van der Waals surface area contributed by atoms with Gasteiger partial charge in [0.25, 0.3) is 5.91 Å². The van der Waals surface area contributed by atoms with Gasteiger partial charge in [-0.2, -0.15) is 5.26 Å². The molecule has 0 atom stereocenters. The number of benzene rings is 1. The number of esters is 1. The minimum atomic E-state index is -0.629. The van der Waals surface area contributed by atoms with Crippen molar-refractivity contribution < 1.29 is 19.1 Å². The number of aromatic nitrogens is 1. The Balaban J connectivity index is 1.91. The fourth-order valence-corrected chi connectivity index (χ4v) is 3.60. The SMILES string of the molecule is COC(=O)c1c(N)c(C#N)cn1-c1cc(C)c(OCC(=O)N2CCCC2)c(C)c1. The largest absolute Gasteiger partial charge is 0.483 e. The van der Waals surface area contributed by atoms with E-state index in [0.717, 1.165) is 37.1 Å². The van der Waals surface area contributed by atoms with Crippen molar-refractivity contribution in [3.8, 4) is 17.5 Å². The molecular formula is C21H24N4O4. The minimum absolute atomic E-state index is 0.0104. The van der Waals surface area contributed by atoms with Gasteiger partial charge in [0.15, 0.2) is 12.3 Å². The van der Waals surface area contributed by atoms with Crippen molar-refractivity contribution in [2.45, 2.75) is 26.7 Å². The van der Waals surface area contributed by atoms with Gasteiger partial charge < -0.3 is 24.7 Å². The normalized spacial score (nSPS) is 13.2. The third-order valence-electron chi connectivity index (χ3n) is 5.07. The second-order valence-electron chi connectivity index (χ2n) is 7.06. The lowest BCUT2D eigenvalue weighted by Crippen LogP contribution is -2.32. The molecule has 3 rings (SSSR count). The zero-order valence-electron chi connectivity index (χ0n) is 16.8. The molecule has 0 unspecified atom stereocenters. The summed E-state index contributed by atoms with van der Waals surface area (Å²) in [5.41, 5.74) is 8.58. The Morgan fingerprint density at radius 1 is 1.21 bits per heavy atom. The van der Waals surface area contributed by atoms with E-state index in [-0.39, 0.29) is 29.5 Å². The third-order valence-corrected chi connectivity index (χ3v) is 5.07. The number of anilines is 1. The third kappa shape index (κ3) is 3.90. The molecule has 0 bridgehead atoms. The van der Waals surface area contributed by atoms with Gasteiger partial charge in [0.1, 0.15) is 11.8 Å². The highest BCUT2D eigenvalue weighted by Crippen LogP contribution is 2.30. The summed E-state index contributed by atoms with van der Waals surface area (Å²) in [5, 5.41) is 9.27. The van der Waals surface area contributed by atoms with E-state index in [1.54, 1.807) is 4.57 Å². The summed E-state index contributed by atoms with van der Waals surface area (Å²) in [6, 6.07) is 5.61. The molecule has 29 heavy (non-hydrogen) atoms. The summed E-state index contributed by atoms with van der Waals surface area (Å²) in [6.45, 7) is 5.28. The number of hydrogen-bond acceptors (Lipinski definition) is 6. The monoisotopic (exact) mass is 396 g/mol. The predicted molar refractivity (Wildman–Crippen MR) is 107 cm³/mol. The Labute approximate surface area is 169 Å². The van der Waals surface area contributed by atoms with E-state index in [1.165, 1.54) is 13.3 Å². The molecular weight excluding hydrogens is 372 g/mol. The summed E-state index contributed by atoms with van der Waals surface area (Å²) in [5.74, 6) is -0.0207. The van der Waals surface area contributed by atoms with Crippen LogP contribution in [0, 0.1) is 25.2 Å². The number of likely N-dealkylation sites (tertiary alicyclic amines) is 1. The first-order valence-corrected chi connectivity index (χ1v) is 9.38. The van der Waals surface area contributed by atoms with Crippen molar-refractivity contribution in [3.05, 3.63) is 40.7 Å². The van der Waals surface area contributed by atoms with E-state index in [2.05, 4.69) is 0 Å². The van der Waals surface area contributed by atoms with Crippen LogP contribution in [0.3, 0.4) is 0 Å². The average molecular weight is 396 g/mol. The summed E-state index contributed by atoms with van der Waals surface area (Å²) in [6.07, 6.45) is 3.57. The Morgan fingerprint density at radius 2 is 1.83 bits per heavy atom. The van der Waals surface area contributed by atoms with Crippen LogP contribution in [0.15, 0.2) is 18.3 Å². The van der Waals surface area contributed by atoms with E-state index in [4.69, 9.17) is 15.2 Å². The summed E-state index contributed by atoms with van der Waals surface area (Å²) in [7, 11) is 1.26. The molecule has 1 saturated heterocycles. The first kappa shape index (κ1) is 20.3.